The van der Waals surface area contributed by atoms with E-state index in [2.05, 4.69) is 17.2 Å². The maximum Gasteiger partial charge on any atom is 0.250 e. The predicted octanol–water partition coefficient (Wildman–Crippen LogP) is 3.42. The van der Waals surface area contributed by atoms with Crippen LogP contribution in [0.1, 0.15) is 23.7 Å². The first-order valence-corrected chi connectivity index (χ1v) is 7.93. The molecule has 0 unspecified atom stereocenters. The maximum absolute atomic E-state index is 12.2. The Labute approximate surface area is 151 Å². The summed E-state index contributed by atoms with van der Waals surface area (Å²) in [4.78, 5) is 35.9. The normalized spacial score (nSPS) is 9.92. The van der Waals surface area contributed by atoms with Crippen molar-refractivity contribution in [1.29, 1.82) is 0 Å². The lowest BCUT2D eigenvalue weighted by Gasteiger charge is -2.09. The molecule has 0 aliphatic rings. The molecule has 0 saturated carbocycles. The van der Waals surface area contributed by atoms with Crippen LogP contribution in [0.25, 0.3) is 0 Å². The number of benzene rings is 2. The minimum atomic E-state index is -0.436. The van der Waals surface area contributed by atoms with Crippen molar-refractivity contribution in [3.05, 3.63) is 66.2 Å². The highest BCUT2D eigenvalue weighted by atomic mass is 16.5. The van der Waals surface area contributed by atoms with Gasteiger partial charge in [0.2, 0.25) is 5.91 Å². The van der Waals surface area contributed by atoms with E-state index in [4.69, 9.17) is 4.74 Å². The van der Waals surface area contributed by atoms with Gasteiger partial charge in [-0.05, 0) is 49.4 Å². The largest absolute Gasteiger partial charge is 0.497 e. The first kappa shape index (κ1) is 18.9. The Morgan fingerprint density at radius 3 is 2.19 bits per heavy atom. The van der Waals surface area contributed by atoms with Crippen molar-refractivity contribution in [2.45, 2.75) is 13.3 Å². The highest BCUT2D eigenvalue weighted by Crippen LogP contribution is 2.17. The highest BCUT2D eigenvalue weighted by molar-refractivity contribution is 6.11. The van der Waals surface area contributed by atoms with Crippen molar-refractivity contribution < 1.29 is 19.1 Å². The molecule has 2 amide bonds. The predicted molar refractivity (Wildman–Crippen MR) is 100 cm³/mol. The minimum Gasteiger partial charge on any atom is -0.497 e. The zero-order chi connectivity index (χ0) is 19.1. The molecule has 2 aromatic rings. The first-order chi connectivity index (χ1) is 12.4. The summed E-state index contributed by atoms with van der Waals surface area (Å²) in [6, 6.07) is 13.2. The molecule has 2 rings (SSSR count). The van der Waals surface area contributed by atoms with Gasteiger partial charge in [0.15, 0.2) is 5.78 Å². The van der Waals surface area contributed by atoms with Gasteiger partial charge in [-0.25, -0.2) is 0 Å². The van der Waals surface area contributed by atoms with Gasteiger partial charge >= 0.3 is 0 Å². The molecule has 6 heteroatoms. The van der Waals surface area contributed by atoms with Crippen molar-refractivity contribution in [3.63, 3.8) is 0 Å². The number of amides is 2. The third-order valence-corrected chi connectivity index (χ3v) is 3.52. The second-order valence-electron chi connectivity index (χ2n) is 5.69. The summed E-state index contributed by atoms with van der Waals surface area (Å²) in [6.45, 7) is 5.17. The topological polar surface area (TPSA) is 84.5 Å². The van der Waals surface area contributed by atoms with Gasteiger partial charge in [-0.1, -0.05) is 12.6 Å². The van der Waals surface area contributed by atoms with E-state index < -0.39 is 5.91 Å². The quantitative estimate of drug-likeness (QED) is 0.454. The van der Waals surface area contributed by atoms with E-state index in [1.54, 1.807) is 55.5 Å². The number of carbonyl (C=O) groups is 3. The van der Waals surface area contributed by atoms with E-state index in [0.717, 1.165) is 0 Å². The second kappa shape index (κ2) is 8.62. The van der Waals surface area contributed by atoms with Gasteiger partial charge < -0.3 is 15.4 Å². The fraction of sp³-hybridized carbons (Fsp3) is 0.150. The summed E-state index contributed by atoms with van der Waals surface area (Å²) < 4.78 is 5.04. The molecule has 0 heterocycles. The molecular weight excluding hydrogens is 332 g/mol. The second-order valence-corrected chi connectivity index (χ2v) is 5.69. The standard InChI is InChI=1S/C20H20N2O4/c1-13(2)20(25)22-16-6-4-5-15(11-16)21-19(24)12-18(23)14-7-9-17(26-3)10-8-14/h4-11H,1,12H2,2-3H3,(H,21,24)(H,22,25). The van der Waals surface area contributed by atoms with Crippen LogP contribution in [-0.2, 0) is 9.59 Å². The van der Waals surface area contributed by atoms with Gasteiger partial charge in [-0.2, -0.15) is 0 Å². The number of anilines is 2. The summed E-state index contributed by atoms with van der Waals surface area (Å²) in [7, 11) is 1.54. The Hall–Kier alpha value is -3.41. The summed E-state index contributed by atoms with van der Waals surface area (Å²) in [5.41, 5.74) is 1.82. The average molecular weight is 352 g/mol. The summed E-state index contributed by atoms with van der Waals surface area (Å²) >= 11 is 0. The van der Waals surface area contributed by atoms with E-state index >= 15 is 0 Å². The third kappa shape index (κ3) is 5.31. The zero-order valence-corrected chi connectivity index (χ0v) is 14.7. The summed E-state index contributed by atoms with van der Waals surface area (Å²) in [5, 5.41) is 5.31. The monoisotopic (exact) mass is 352 g/mol. The molecule has 0 radical (unpaired) electrons. The van der Waals surface area contributed by atoms with E-state index in [0.29, 0.717) is 28.3 Å². The molecule has 0 atom stereocenters. The van der Waals surface area contributed by atoms with Crippen molar-refractivity contribution >= 4 is 29.0 Å². The number of Topliss-reactive ketones (excluding diaryl/α,β-unsaturated/α-hetero) is 1. The number of ketones is 1. The SMILES string of the molecule is C=C(C)C(=O)Nc1cccc(NC(=O)CC(=O)c2ccc(OC)cc2)c1. The molecule has 0 aromatic heterocycles. The van der Waals surface area contributed by atoms with Crippen LogP contribution in [0.2, 0.25) is 0 Å². The number of hydrogen-bond donors (Lipinski definition) is 2. The van der Waals surface area contributed by atoms with Gasteiger partial charge in [0.05, 0.1) is 13.5 Å². The smallest absolute Gasteiger partial charge is 0.250 e. The maximum atomic E-state index is 12.2. The molecule has 0 spiro atoms. The van der Waals surface area contributed by atoms with Gasteiger partial charge in [0.1, 0.15) is 5.75 Å². The third-order valence-electron chi connectivity index (χ3n) is 3.52. The number of carbonyl (C=O) groups excluding carboxylic acids is 3. The highest BCUT2D eigenvalue weighted by Gasteiger charge is 2.12. The van der Waals surface area contributed by atoms with Gasteiger partial charge in [-0.15, -0.1) is 0 Å². The van der Waals surface area contributed by atoms with Crippen LogP contribution in [0, 0.1) is 0 Å². The Balaban J connectivity index is 1.97. The van der Waals surface area contributed by atoms with Gasteiger partial charge in [0, 0.05) is 22.5 Å². The lowest BCUT2D eigenvalue weighted by atomic mass is 10.1. The molecular formula is C20H20N2O4. The molecule has 26 heavy (non-hydrogen) atoms. The fourth-order valence-corrected chi connectivity index (χ4v) is 2.14. The van der Waals surface area contributed by atoms with Crippen molar-refractivity contribution in [1.82, 2.24) is 0 Å². The number of rotatable bonds is 7. The zero-order valence-electron chi connectivity index (χ0n) is 14.7. The van der Waals surface area contributed by atoms with Crippen molar-refractivity contribution in [3.8, 4) is 5.75 Å². The number of ether oxygens (including phenoxy) is 1. The molecule has 2 N–H and O–H groups in total. The van der Waals surface area contributed by atoms with Crippen molar-refractivity contribution in [2.24, 2.45) is 0 Å². The Bertz CT molecular complexity index is 841. The van der Waals surface area contributed by atoms with E-state index in [1.807, 2.05) is 0 Å². The van der Waals surface area contributed by atoms with Gasteiger partial charge in [-0.3, -0.25) is 14.4 Å². The molecule has 134 valence electrons. The lowest BCUT2D eigenvalue weighted by molar-refractivity contribution is -0.115. The summed E-state index contributed by atoms with van der Waals surface area (Å²) in [5.74, 6) is -0.395. The summed E-state index contributed by atoms with van der Waals surface area (Å²) in [6.07, 6.45) is -0.283. The Morgan fingerprint density at radius 1 is 1.00 bits per heavy atom. The minimum absolute atomic E-state index is 0.283. The molecule has 0 bridgehead atoms. The van der Waals surface area contributed by atoms with E-state index in [9.17, 15) is 14.4 Å². The van der Waals surface area contributed by atoms with E-state index in [1.165, 1.54) is 7.11 Å². The molecule has 6 nitrogen and oxygen atoms in total. The fourth-order valence-electron chi connectivity index (χ4n) is 2.14. The lowest BCUT2D eigenvalue weighted by Crippen LogP contribution is -2.17. The van der Waals surface area contributed by atoms with Crippen LogP contribution in [-0.4, -0.2) is 24.7 Å². The van der Waals surface area contributed by atoms with Crippen LogP contribution in [0.4, 0.5) is 11.4 Å². The number of hydrogen-bond acceptors (Lipinski definition) is 4. The molecule has 0 saturated heterocycles. The van der Waals surface area contributed by atoms with Crippen LogP contribution in [0.5, 0.6) is 5.75 Å². The van der Waals surface area contributed by atoms with Crippen molar-refractivity contribution in [2.75, 3.05) is 17.7 Å². The first-order valence-electron chi connectivity index (χ1n) is 7.93. The van der Waals surface area contributed by atoms with Crippen LogP contribution >= 0.6 is 0 Å². The Morgan fingerprint density at radius 2 is 1.62 bits per heavy atom. The molecule has 0 fully saturated rings. The molecule has 2 aromatic carbocycles. The van der Waals surface area contributed by atoms with Gasteiger partial charge in [0.25, 0.3) is 5.91 Å². The van der Waals surface area contributed by atoms with Crippen LogP contribution < -0.4 is 15.4 Å². The number of methoxy groups -OCH3 is 1. The van der Waals surface area contributed by atoms with Crippen LogP contribution in [0.15, 0.2) is 60.7 Å². The number of nitrogens with one attached hydrogen (secondary N) is 2. The van der Waals surface area contributed by atoms with E-state index in [-0.39, 0.29) is 18.1 Å². The molecule has 0 aliphatic carbocycles. The Kier molecular flexibility index (Phi) is 6.27. The molecule has 0 aliphatic heterocycles. The average Bonchev–Trinajstić information content (AvgIpc) is 2.61. The van der Waals surface area contributed by atoms with Crippen LogP contribution in [0.3, 0.4) is 0 Å².